The molecule has 0 spiro atoms. The normalized spacial score (nSPS) is 8.29. The Hall–Kier alpha value is -0.157. The molecular formula is C13H20Zn. The second kappa shape index (κ2) is 10.9. The molecule has 0 unspecified atom stereocenters. The van der Waals surface area contributed by atoms with Crippen LogP contribution in [0.15, 0.2) is 24.3 Å². The van der Waals surface area contributed by atoms with Crippen LogP contribution in [0.25, 0.3) is 0 Å². The first-order chi connectivity index (χ1) is 6.24. The number of aryl methyl sites for hydroxylation is 1. The van der Waals surface area contributed by atoms with Gasteiger partial charge in [-0.1, -0.05) is 48.7 Å². The monoisotopic (exact) mass is 240 g/mol. The molecule has 14 heavy (non-hydrogen) atoms. The predicted molar refractivity (Wildman–Crippen MR) is 60.5 cm³/mol. The van der Waals surface area contributed by atoms with E-state index in [9.17, 15) is 0 Å². The fourth-order valence-corrected chi connectivity index (χ4v) is 0.755. The standard InChI is InChI=1S/C9H11.C4H9.Zn/c1-3-9-6-4-8(2)5-7-9;1-3-4-2;/h4-7H,1,3H2,2H3;1,3-4H2,2H3;/q2*-1;+2. The predicted octanol–water partition coefficient (Wildman–Crippen LogP) is 3.99. The van der Waals surface area contributed by atoms with E-state index < -0.39 is 0 Å². The molecule has 1 aromatic rings. The Morgan fingerprint density at radius 1 is 1.07 bits per heavy atom. The second-order valence-corrected chi connectivity index (χ2v) is 3.09. The van der Waals surface area contributed by atoms with E-state index in [0.29, 0.717) is 0 Å². The maximum absolute atomic E-state index is 3.79. The van der Waals surface area contributed by atoms with Crippen molar-refractivity contribution in [3.05, 3.63) is 49.2 Å². The minimum atomic E-state index is 0. The van der Waals surface area contributed by atoms with Crippen molar-refractivity contribution < 1.29 is 19.5 Å². The molecule has 0 saturated carbocycles. The van der Waals surface area contributed by atoms with Gasteiger partial charge in [0.25, 0.3) is 0 Å². The van der Waals surface area contributed by atoms with E-state index in [0.717, 1.165) is 12.8 Å². The van der Waals surface area contributed by atoms with Crippen LogP contribution in [-0.2, 0) is 25.9 Å². The molecule has 0 aliphatic carbocycles. The first kappa shape index (κ1) is 16.3. The summed E-state index contributed by atoms with van der Waals surface area (Å²) in [6.45, 7) is 11.6. The number of benzene rings is 1. The largest absolute Gasteiger partial charge is 2.00 e. The summed E-state index contributed by atoms with van der Waals surface area (Å²) < 4.78 is 0. The van der Waals surface area contributed by atoms with Gasteiger partial charge >= 0.3 is 19.5 Å². The molecule has 1 rings (SSSR count). The Kier molecular flexibility index (Phi) is 12.7. The average molecular weight is 242 g/mol. The summed E-state index contributed by atoms with van der Waals surface area (Å²) in [5.41, 5.74) is 2.62. The zero-order valence-corrected chi connectivity index (χ0v) is 12.5. The van der Waals surface area contributed by atoms with E-state index in [2.05, 4.69) is 52.0 Å². The fraction of sp³-hybridized carbons (Fsp3) is 0.385. The molecule has 0 nitrogen and oxygen atoms in total. The number of rotatable bonds is 2. The molecule has 0 bridgehead atoms. The first-order valence-electron chi connectivity index (χ1n) is 4.88. The van der Waals surface area contributed by atoms with Gasteiger partial charge in [0.05, 0.1) is 0 Å². The summed E-state index contributed by atoms with van der Waals surface area (Å²) in [6.07, 6.45) is 3.17. The summed E-state index contributed by atoms with van der Waals surface area (Å²) in [5.74, 6) is 0. The first-order valence-corrected chi connectivity index (χ1v) is 4.88. The summed E-state index contributed by atoms with van der Waals surface area (Å²) in [6, 6.07) is 8.45. The summed E-state index contributed by atoms with van der Waals surface area (Å²) >= 11 is 0. The Bertz CT molecular complexity index is 199. The average Bonchev–Trinajstić information content (AvgIpc) is 2.19. The van der Waals surface area contributed by atoms with Crippen LogP contribution in [0.3, 0.4) is 0 Å². The molecule has 0 heterocycles. The van der Waals surface area contributed by atoms with Crippen molar-refractivity contribution in [2.24, 2.45) is 0 Å². The van der Waals surface area contributed by atoms with Crippen LogP contribution in [0.1, 0.15) is 30.9 Å². The van der Waals surface area contributed by atoms with Crippen LogP contribution in [0.5, 0.6) is 0 Å². The molecule has 0 aliphatic rings. The summed E-state index contributed by atoms with van der Waals surface area (Å²) in [4.78, 5) is 0. The van der Waals surface area contributed by atoms with Gasteiger partial charge in [-0.25, -0.2) is 0 Å². The van der Waals surface area contributed by atoms with Gasteiger partial charge < -0.3 is 13.8 Å². The van der Waals surface area contributed by atoms with Crippen molar-refractivity contribution in [2.45, 2.75) is 33.1 Å². The molecule has 0 aliphatic heterocycles. The Morgan fingerprint density at radius 2 is 1.50 bits per heavy atom. The molecule has 74 valence electrons. The van der Waals surface area contributed by atoms with Crippen LogP contribution in [-0.4, -0.2) is 0 Å². The van der Waals surface area contributed by atoms with Crippen LogP contribution >= 0.6 is 0 Å². The van der Waals surface area contributed by atoms with Gasteiger partial charge in [0.15, 0.2) is 0 Å². The van der Waals surface area contributed by atoms with E-state index in [1.54, 1.807) is 0 Å². The summed E-state index contributed by atoms with van der Waals surface area (Å²) in [7, 11) is 0. The van der Waals surface area contributed by atoms with E-state index in [1.165, 1.54) is 17.5 Å². The van der Waals surface area contributed by atoms with Gasteiger partial charge in [-0.15, -0.1) is 0 Å². The molecule has 0 N–H and O–H groups in total. The molecule has 0 fully saturated rings. The minimum absolute atomic E-state index is 0. The van der Waals surface area contributed by atoms with Crippen molar-refractivity contribution in [1.82, 2.24) is 0 Å². The topological polar surface area (TPSA) is 0 Å². The number of hydrogen-bond acceptors (Lipinski definition) is 0. The molecule has 1 aromatic carbocycles. The maximum Gasteiger partial charge on any atom is 2.00 e. The van der Waals surface area contributed by atoms with Crippen LogP contribution in [0.2, 0.25) is 0 Å². The van der Waals surface area contributed by atoms with Crippen molar-refractivity contribution in [2.75, 3.05) is 0 Å². The molecule has 0 atom stereocenters. The second-order valence-electron chi connectivity index (χ2n) is 3.09. The van der Waals surface area contributed by atoms with Gasteiger partial charge in [0, 0.05) is 0 Å². The zero-order chi connectivity index (χ0) is 10.1. The fourth-order valence-electron chi connectivity index (χ4n) is 0.755. The van der Waals surface area contributed by atoms with Crippen LogP contribution in [0, 0.1) is 20.8 Å². The van der Waals surface area contributed by atoms with Gasteiger partial charge in [-0.2, -0.15) is 12.8 Å². The third-order valence-corrected chi connectivity index (χ3v) is 1.76. The van der Waals surface area contributed by atoms with E-state index in [-0.39, 0.29) is 19.5 Å². The number of hydrogen-bond donors (Lipinski definition) is 0. The minimum Gasteiger partial charge on any atom is -0.343 e. The van der Waals surface area contributed by atoms with Gasteiger partial charge in [0.2, 0.25) is 0 Å². The molecule has 0 radical (unpaired) electrons. The maximum atomic E-state index is 3.79. The molecular weight excluding hydrogens is 222 g/mol. The van der Waals surface area contributed by atoms with E-state index in [4.69, 9.17) is 0 Å². The molecule has 1 heteroatoms. The van der Waals surface area contributed by atoms with Gasteiger partial charge in [0.1, 0.15) is 0 Å². The molecule has 0 saturated heterocycles. The smallest absolute Gasteiger partial charge is 0.343 e. The van der Waals surface area contributed by atoms with Crippen LogP contribution in [0.4, 0.5) is 0 Å². The molecule has 0 aromatic heterocycles. The third-order valence-electron chi connectivity index (χ3n) is 1.76. The Balaban J connectivity index is 0. The molecule has 0 amide bonds. The number of unbranched alkanes of at least 4 members (excludes halogenated alkanes) is 1. The van der Waals surface area contributed by atoms with Gasteiger partial charge in [-0.3, -0.25) is 0 Å². The zero-order valence-electron chi connectivity index (χ0n) is 9.55. The quantitative estimate of drug-likeness (QED) is 0.543. The van der Waals surface area contributed by atoms with Crippen molar-refractivity contribution in [3.8, 4) is 0 Å². The van der Waals surface area contributed by atoms with Crippen molar-refractivity contribution in [1.29, 1.82) is 0 Å². The third kappa shape index (κ3) is 8.44. The Labute approximate surface area is 102 Å². The van der Waals surface area contributed by atoms with E-state index in [1.807, 2.05) is 0 Å². The SMILES string of the molecule is [CH2-]CCC.[CH2-]Cc1ccc(C)cc1.[Zn+2]. The van der Waals surface area contributed by atoms with E-state index >= 15 is 0 Å². The summed E-state index contributed by atoms with van der Waals surface area (Å²) in [5, 5.41) is 0. The Morgan fingerprint density at radius 3 is 1.79 bits per heavy atom. The van der Waals surface area contributed by atoms with Gasteiger partial charge in [-0.05, 0) is 6.92 Å². The van der Waals surface area contributed by atoms with Crippen molar-refractivity contribution >= 4 is 0 Å². The van der Waals surface area contributed by atoms with Crippen molar-refractivity contribution in [3.63, 3.8) is 0 Å². The van der Waals surface area contributed by atoms with Crippen LogP contribution < -0.4 is 0 Å².